The third-order valence-corrected chi connectivity index (χ3v) is 2.54. The second-order valence-corrected chi connectivity index (χ2v) is 4.71. The smallest absolute Gasteiger partial charge is 0.0506 e. The molecule has 1 aliphatic carbocycles. The highest BCUT2D eigenvalue weighted by Crippen LogP contribution is 2.29. The average Bonchev–Trinajstić information content (AvgIpc) is 2.85. The van der Waals surface area contributed by atoms with Crippen LogP contribution >= 0.6 is 0 Å². The Balaban J connectivity index is 2.00. The monoisotopic (exact) mass is 185 g/mol. The normalized spacial score (nSPS) is 19.4. The van der Waals surface area contributed by atoms with E-state index in [9.17, 15) is 0 Å². The Hall–Kier alpha value is -0.0800. The van der Waals surface area contributed by atoms with E-state index in [2.05, 4.69) is 13.8 Å². The molecule has 1 aliphatic rings. The molecule has 0 spiro atoms. The lowest BCUT2D eigenvalue weighted by atomic mass is 9.98. The van der Waals surface area contributed by atoms with E-state index in [4.69, 9.17) is 10.5 Å². The predicted molar refractivity (Wildman–Crippen MR) is 55.5 cm³/mol. The lowest BCUT2D eigenvalue weighted by Crippen LogP contribution is -2.22. The summed E-state index contributed by atoms with van der Waals surface area (Å²) in [7, 11) is 0. The van der Waals surface area contributed by atoms with E-state index < -0.39 is 0 Å². The molecule has 0 radical (unpaired) electrons. The summed E-state index contributed by atoms with van der Waals surface area (Å²) in [6, 6.07) is 0. The van der Waals surface area contributed by atoms with Gasteiger partial charge in [-0.05, 0) is 43.6 Å². The molecule has 1 saturated carbocycles. The van der Waals surface area contributed by atoms with E-state index in [0.29, 0.717) is 5.92 Å². The van der Waals surface area contributed by atoms with Crippen molar-refractivity contribution in [3.8, 4) is 0 Å². The van der Waals surface area contributed by atoms with Gasteiger partial charge in [0.05, 0.1) is 6.61 Å². The molecule has 0 heterocycles. The molecule has 1 rings (SSSR count). The van der Waals surface area contributed by atoms with Gasteiger partial charge in [0, 0.05) is 6.61 Å². The van der Waals surface area contributed by atoms with Crippen LogP contribution in [0.4, 0.5) is 0 Å². The third kappa shape index (κ3) is 5.27. The highest BCUT2D eigenvalue weighted by Gasteiger charge is 2.21. The van der Waals surface area contributed by atoms with Gasteiger partial charge in [0.1, 0.15) is 0 Å². The molecule has 0 aliphatic heterocycles. The molecule has 78 valence electrons. The minimum atomic E-state index is 0.568. The van der Waals surface area contributed by atoms with Gasteiger partial charge < -0.3 is 10.5 Å². The Labute approximate surface area is 81.8 Å². The summed E-state index contributed by atoms with van der Waals surface area (Å²) in [4.78, 5) is 0. The molecule has 13 heavy (non-hydrogen) atoms. The van der Waals surface area contributed by atoms with Crippen molar-refractivity contribution in [2.24, 2.45) is 23.5 Å². The van der Waals surface area contributed by atoms with Crippen LogP contribution in [0.15, 0.2) is 0 Å². The van der Waals surface area contributed by atoms with Crippen molar-refractivity contribution in [2.75, 3.05) is 19.8 Å². The maximum Gasteiger partial charge on any atom is 0.0506 e. The Morgan fingerprint density at radius 3 is 2.54 bits per heavy atom. The average molecular weight is 185 g/mol. The van der Waals surface area contributed by atoms with Crippen LogP contribution < -0.4 is 5.73 Å². The van der Waals surface area contributed by atoms with Crippen LogP contribution in [0.2, 0.25) is 0 Å². The van der Waals surface area contributed by atoms with Crippen molar-refractivity contribution in [3.05, 3.63) is 0 Å². The first-order chi connectivity index (χ1) is 6.22. The number of rotatable bonds is 7. The Morgan fingerprint density at radius 1 is 1.38 bits per heavy atom. The molecule has 0 aromatic heterocycles. The SMILES string of the molecule is CC(C)CC(CN)COCC1CC1. The third-order valence-electron chi connectivity index (χ3n) is 2.54. The topological polar surface area (TPSA) is 35.2 Å². The van der Waals surface area contributed by atoms with E-state index in [1.54, 1.807) is 0 Å². The molecule has 0 aromatic carbocycles. The largest absolute Gasteiger partial charge is 0.381 e. The summed E-state index contributed by atoms with van der Waals surface area (Å²) in [6.45, 7) is 7.08. The maximum absolute atomic E-state index is 5.67. The van der Waals surface area contributed by atoms with Gasteiger partial charge in [-0.15, -0.1) is 0 Å². The molecule has 1 fully saturated rings. The van der Waals surface area contributed by atoms with Crippen molar-refractivity contribution in [1.29, 1.82) is 0 Å². The second kappa shape index (κ2) is 5.61. The Kier molecular flexibility index (Phi) is 4.74. The van der Waals surface area contributed by atoms with Gasteiger partial charge in [0.2, 0.25) is 0 Å². The van der Waals surface area contributed by atoms with Crippen molar-refractivity contribution in [3.63, 3.8) is 0 Å². The lowest BCUT2D eigenvalue weighted by Gasteiger charge is -2.16. The second-order valence-electron chi connectivity index (χ2n) is 4.71. The molecule has 1 unspecified atom stereocenters. The summed E-state index contributed by atoms with van der Waals surface area (Å²) in [5.74, 6) is 2.18. The molecule has 0 bridgehead atoms. The maximum atomic E-state index is 5.67. The van der Waals surface area contributed by atoms with Crippen LogP contribution in [0.5, 0.6) is 0 Å². The van der Waals surface area contributed by atoms with Gasteiger partial charge in [-0.1, -0.05) is 13.8 Å². The molecule has 0 aromatic rings. The molecule has 2 heteroatoms. The number of ether oxygens (including phenoxy) is 1. The molecular formula is C11H23NO. The highest BCUT2D eigenvalue weighted by molar-refractivity contribution is 4.72. The van der Waals surface area contributed by atoms with Crippen LogP contribution in [0.3, 0.4) is 0 Å². The molecular weight excluding hydrogens is 162 g/mol. The zero-order valence-electron chi connectivity index (χ0n) is 8.96. The molecule has 2 nitrogen and oxygen atoms in total. The zero-order chi connectivity index (χ0) is 9.68. The number of hydrogen-bond acceptors (Lipinski definition) is 2. The van der Waals surface area contributed by atoms with Crippen molar-refractivity contribution in [2.45, 2.75) is 33.1 Å². The minimum absolute atomic E-state index is 0.568. The summed E-state index contributed by atoms with van der Waals surface area (Å²) >= 11 is 0. The van der Waals surface area contributed by atoms with Gasteiger partial charge in [0.15, 0.2) is 0 Å². The Bertz CT molecular complexity index is 132. The summed E-state index contributed by atoms with van der Waals surface area (Å²) in [5.41, 5.74) is 5.67. The van der Waals surface area contributed by atoms with Crippen molar-refractivity contribution in [1.82, 2.24) is 0 Å². The summed E-state index contributed by atoms with van der Waals surface area (Å²) < 4.78 is 5.63. The van der Waals surface area contributed by atoms with Gasteiger partial charge in [-0.3, -0.25) is 0 Å². The van der Waals surface area contributed by atoms with E-state index in [1.165, 1.54) is 19.3 Å². The first-order valence-corrected chi connectivity index (χ1v) is 5.50. The van der Waals surface area contributed by atoms with E-state index >= 15 is 0 Å². The quantitative estimate of drug-likeness (QED) is 0.658. The standard InChI is InChI=1S/C11H23NO/c1-9(2)5-11(6-12)8-13-7-10-3-4-10/h9-11H,3-8,12H2,1-2H3. The zero-order valence-corrected chi connectivity index (χ0v) is 8.96. The van der Waals surface area contributed by atoms with Crippen molar-refractivity contribution >= 4 is 0 Å². The van der Waals surface area contributed by atoms with E-state index in [1.807, 2.05) is 0 Å². The fraction of sp³-hybridized carbons (Fsp3) is 1.00. The number of hydrogen-bond donors (Lipinski definition) is 1. The van der Waals surface area contributed by atoms with Crippen molar-refractivity contribution < 1.29 is 4.74 Å². The summed E-state index contributed by atoms with van der Waals surface area (Å²) in [6.07, 6.45) is 3.94. The molecule has 2 N–H and O–H groups in total. The van der Waals surface area contributed by atoms with Crippen LogP contribution in [0.1, 0.15) is 33.1 Å². The van der Waals surface area contributed by atoms with Crippen LogP contribution in [0.25, 0.3) is 0 Å². The van der Waals surface area contributed by atoms with Gasteiger partial charge in [0.25, 0.3) is 0 Å². The Morgan fingerprint density at radius 2 is 2.08 bits per heavy atom. The van der Waals surface area contributed by atoms with E-state index in [0.717, 1.165) is 31.6 Å². The first-order valence-electron chi connectivity index (χ1n) is 5.50. The molecule has 0 saturated heterocycles. The number of nitrogens with two attached hydrogens (primary N) is 1. The molecule has 0 amide bonds. The van der Waals surface area contributed by atoms with Gasteiger partial charge in [-0.25, -0.2) is 0 Å². The van der Waals surface area contributed by atoms with Crippen LogP contribution in [0, 0.1) is 17.8 Å². The first kappa shape index (κ1) is 11.0. The summed E-state index contributed by atoms with van der Waals surface area (Å²) in [5, 5.41) is 0. The lowest BCUT2D eigenvalue weighted by molar-refractivity contribution is 0.0866. The van der Waals surface area contributed by atoms with E-state index in [-0.39, 0.29) is 0 Å². The highest BCUT2D eigenvalue weighted by atomic mass is 16.5. The molecule has 1 atom stereocenters. The van der Waals surface area contributed by atoms with Crippen LogP contribution in [-0.2, 0) is 4.74 Å². The minimum Gasteiger partial charge on any atom is -0.381 e. The fourth-order valence-electron chi connectivity index (χ4n) is 1.58. The fourth-order valence-corrected chi connectivity index (χ4v) is 1.58. The van der Waals surface area contributed by atoms with Gasteiger partial charge in [-0.2, -0.15) is 0 Å². The predicted octanol–water partition coefficient (Wildman–Crippen LogP) is 2.03. The van der Waals surface area contributed by atoms with Crippen LogP contribution in [-0.4, -0.2) is 19.8 Å². The van der Waals surface area contributed by atoms with Gasteiger partial charge >= 0.3 is 0 Å².